The maximum Gasteiger partial charge on any atom is 0.269 e. The molecule has 0 atom stereocenters. The summed E-state index contributed by atoms with van der Waals surface area (Å²) >= 11 is 0. The van der Waals surface area contributed by atoms with Crippen LogP contribution in [0, 0.1) is 0 Å². The van der Waals surface area contributed by atoms with Crippen LogP contribution in [0.4, 0.5) is 0 Å². The van der Waals surface area contributed by atoms with Gasteiger partial charge in [-0.15, -0.1) is 0 Å². The molecule has 2 amide bonds. The van der Waals surface area contributed by atoms with Crippen molar-refractivity contribution in [2.45, 2.75) is 32.7 Å². The van der Waals surface area contributed by atoms with Crippen molar-refractivity contribution in [1.82, 2.24) is 24.6 Å². The van der Waals surface area contributed by atoms with E-state index >= 15 is 0 Å². The number of carbonyl (C=O) groups excluding carboxylic acids is 2. The molecule has 3 heterocycles. The number of benzene rings is 1. The van der Waals surface area contributed by atoms with Gasteiger partial charge in [0, 0.05) is 63.4 Å². The number of aryl methyl sites for hydroxylation is 2. The standard InChI is InChI=1S/C24H29N5O2/c1-4-17-13-19(14-21-20(17)15-22(26-21)24(31)27(2)3)18-7-5-10-28(16-18)23(30)8-12-29-11-6-9-25-29/h6-7,9,11,13-15,26H,4-5,8,10,12,16H2,1-3H3. The Morgan fingerprint density at radius 2 is 2.06 bits per heavy atom. The normalized spacial score (nSPS) is 14.0. The minimum atomic E-state index is -0.0364. The lowest BCUT2D eigenvalue weighted by Crippen LogP contribution is -2.35. The summed E-state index contributed by atoms with van der Waals surface area (Å²) in [5.74, 6) is 0.113. The van der Waals surface area contributed by atoms with Gasteiger partial charge in [-0.05, 0) is 47.7 Å². The highest BCUT2D eigenvalue weighted by Gasteiger charge is 2.21. The van der Waals surface area contributed by atoms with Crippen LogP contribution in [0.25, 0.3) is 16.5 Å². The van der Waals surface area contributed by atoms with E-state index in [1.165, 1.54) is 5.56 Å². The largest absolute Gasteiger partial charge is 0.350 e. The summed E-state index contributed by atoms with van der Waals surface area (Å²) in [4.78, 5) is 32.0. The number of carbonyl (C=O) groups is 2. The number of aromatic nitrogens is 3. The van der Waals surface area contributed by atoms with E-state index in [4.69, 9.17) is 0 Å². The third-order valence-corrected chi connectivity index (χ3v) is 5.83. The maximum atomic E-state index is 12.8. The molecule has 1 N–H and O–H groups in total. The highest BCUT2D eigenvalue weighted by atomic mass is 16.2. The van der Waals surface area contributed by atoms with E-state index in [1.54, 1.807) is 29.9 Å². The molecule has 1 aliphatic rings. The molecular weight excluding hydrogens is 390 g/mol. The van der Waals surface area contributed by atoms with Crippen molar-refractivity contribution in [3.05, 3.63) is 59.6 Å². The fraction of sp³-hybridized carbons (Fsp3) is 0.375. The van der Waals surface area contributed by atoms with E-state index in [2.05, 4.69) is 35.2 Å². The zero-order valence-corrected chi connectivity index (χ0v) is 18.4. The maximum absolute atomic E-state index is 12.8. The zero-order chi connectivity index (χ0) is 22.0. The Morgan fingerprint density at radius 3 is 2.77 bits per heavy atom. The molecule has 3 aromatic rings. The second-order valence-corrected chi connectivity index (χ2v) is 8.19. The van der Waals surface area contributed by atoms with Gasteiger partial charge in [-0.25, -0.2) is 0 Å². The van der Waals surface area contributed by atoms with Crippen LogP contribution >= 0.6 is 0 Å². The van der Waals surface area contributed by atoms with Gasteiger partial charge in [0.15, 0.2) is 0 Å². The number of H-pyrrole nitrogens is 1. The van der Waals surface area contributed by atoms with Crippen LogP contribution in [0.15, 0.2) is 42.7 Å². The summed E-state index contributed by atoms with van der Waals surface area (Å²) in [5.41, 5.74) is 5.03. The van der Waals surface area contributed by atoms with E-state index in [1.807, 2.05) is 23.2 Å². The second-order valence-electron chi connectivity index (χ2n) is 8.19. The molecular formula is C24H29N5O2. The number of nitrogens with one attached hydrogen (secondary N) is 1. The fourth-order valence-electron chi connectivity index (χ4n) is 4.11. The van der Waals surface area contributed by atoms with Gasteiger partial charge in [-0.2, -0.15) is 5.10 Å². The lowest BCUT2D eigenvalue weighted by molar-refractivity contribution is -0.131. The van der Waals surface area contributed by atoms with E-state index in [9.17, 15) is 9.59 Å². The molecule has 2 aromatic heterocycles. The first-order chi connectivity index (χ1) is 15.0. The topological polar surface area (TPSA) is 74.2 Å². The number of hydrogen-bond donors (Lipinski definition) is 1. The number of hydrogen-bond acceptors (Lipinski definition) is 3. The molecule has 162 valence electrons. The fourth-order valence-corrected chi connectivity index (χ4v) is 4.11. The molecule has 31 heavy (non-hydrogen) atoms. The van der Waals surface area contributed by atoms with Crippen LogP contribution in [0.1, 0.15) is 41.4 Å². The molecule has 0 saturated carbocycles. The van der Waals surface area contributed by atoms with Crippen molar-refractivity contribution >= 4 is 28.3 Å². The van der Waals surface area contributed by atoms with Gasteiger partial charge in [0.05, 0.1) is 0 Å². The Kier molecular flexibility index (Phi) is 5.93. The highest BCUT2D eigenvalue weighted by Crippen LogP contribution is 2.29. The van der Waals surface area contributed by atoms with Crippen LogP contribution in [0.5, 0.6) is 0 Å². The summed E-state index contributed by atoms with van der Waals surface area (Å²) in [7, 11) is 3.51. The van der Waals surface area contributed by atoms with E-state index in [-0.39, 0.29) is 11.8 Å². The quantitative estimate of drug-likeness (QED) is 0.666. The van der Waals surface area contributed by atoms with Crippen molar-refractivity contribution in [1.29, 1.82) is 0 Å². The van der Waals surface area contributed by atoms with Crippen molar-refractivity contribution in [3.63, 3.8) is 0 Å². The first-order valence-electron chi connectivity index (χ1n) is 10.8. The molecule has 0 spiro atoms. The Balaban J connectivity index is 1.55. The van der Waals surface area contributed by atoms with E-state index in [0.717, 1.165) is 41.4 Å². The average molecular weight is 420 g/mol. The molecule has 0 aliphatic carbocycles. The Bertz CT molecular complexity index is 1120. The van der Waals surface area contributed by atoms with Gasteiger partial charge in [0.25, 0.3) is 5.91 Å². The first-order valence-corrected chi connectivity index (χ1v) is 10.8. The number of fused-ring (bicyclic) bond motifs is 1. The number of aromatic amines is 1. The third-order valence-electron chi connectivity index (χ3n) is 5.83. The van der Waals surface area contributed by atoms with Crippen LogP contribution in [0.3, 0.4) is 0 Å². The molecule has 0 radical (unpaired) electrons. The van der Waals surface area contributed by atoms with Crippen LogP contribution in [0.2, 0.25) is 0 Å². The van der Waals surface area contributed by atoms with Crippen molar-refractivity contribution in [2.75, 3.05) is 27.2 Å². The molecule has 1 aromatic carbocycles. The summed E-state index contributed by atoms with van der Waals surface area (Å²) < 4.78 is 1.79. The Hall–Kier alpha value is -3.35. The molecule has 0 saturated heterocycles. The zero-order valence-electron chi connectivity index (χ0n) is 18.4. The van der Waals surface area contributed by atoms with Crippen molar-refractivity contribution < 1.29 is 9.59 Å². The monoisotopic (exact) mass is 419 g/mol. The second kappa shape index (κ2) is 8.79. The Morgan fingerprint density at radius 1 is 1.23 bits per heavy atom. The summed E-state index contributed by atoms with van der Waals surface area (Å²) in [6.45, 7) is 4.07. The SMILES string of the molecule is CCc1cc(C2=CCCN(C(=O)CCn3cccn3)C2)cc2[nH]c(C(=O)N(C)C)cc12. The highest BCUT2D eigenvalue weighted by molar-refractivity contribution is 5.99. The lowest BCUT2D eigenvalue weighted by Gasteiger charge is -2.28. The van der Waals surface area contributed by atoms with Gasteiger partial charge in [-0.3, -0.25) is 14.3 Å². The third kappa shape index (κ3) is 4.40. The number of amides is 2. The van der Waals surface area contributed by atoms with Gasteiger partial charge in [0.2, 0.25) is 5.91 Å². The summed E-state index contributed by atoms with van der Waals surface area (Å²) in [6.07, 6.45) is 8.00. The molecule has 7 nitrogen and oxygen atoms in total. The molecule has 1 aliphatic heterocycles. The van der Waals surface area contributed by atoms with Gasteiger partial charge in [-0.1, -0.05) is 19.1 Å². The predicted molar refractivity (Wildman–Crippen MR) is 122 cm³/mol. The van der Waals surface area contributed by atoms with Crippen LogP contribution < -0.4 is 0 Å². The van der Waals surface area contributed by atoms with Crippen molar-refractivity contribution in [2.24, 2.45) is 0 Å². The average Bonchev–Trinajstić information content (AvgIpc) is 3.45. The van der Waals surface area contributed by atoms with Crippen LogP contribution in [-0.4, -0.2) is 63.6 Å². The van der Waals surface area contributed by atoms with Gasteiger partial charge in [0.1, 0.15) is 5.69 Å². The van der Waals surface area contributed by atoms with Crippen molar-refractivity contribution in [3.8, 4) is 0 Å². The van der Waals surface area contributed by atoms with Gasteiger partial charge >= 0.3 is 0 Å². The molecule has 0 fully saturated rings. The molecule has 0 unspecified atom stereocenters. The smallest absolute Gasteiger partial charge is 0.269 e. The summed E-state index contributed by atoms with van der Waals surface area (Å²) in [6, 6.07) is 8.11. The summed E-state index contributed by atoms with van der Waals surface area (Å²) in [5, 5.41) is 5.26. The number of rotatable bonds is 6. The molecule has 7 heteroatoms. The predicted octanol–water partition coefficient (Wildman–Crippen LogP) is 3.33. The Labute approximate surface area is 182 Å². The van der Waals surface area contributed by atoms with E-state index < -0.39 is 0 Å². The molecule has 4 rings (SSSR count). The minimum absolute atomic E-state index is 0.0364. The first kappa shape index (κ1) is 20.9. The van der Waals surface area contributed by atoms with Crippen LogP contribution in [-0.2, 0) is 17.8 Å². The van der Waals surface area contributed by atoms with Gasteiger partial charge < -0.3 is 14.8 Å². The lowest BCUT2D eigenvalue weighted by atomic mass is 9.96. The number of nitrogens with zero attached hydrogens (tertiary/aromatic N) is 4. The molecule has 0 bridgehead atoms. The van der Waals surface area contributed by atoms with E-state index in [0.29, 0.717) is 25.2 Å². The minimum Gasteiger partial charge on any atom is -0.350 e.